The summed E-state index contributed by atoms with van der Waals surface area (Å²) in [5.74, 6) is -1.13. The van der Waals surface area contributed by atoms with Crippen LogP contribution in [0.2, 0.25) is 0 Å². The molecule has 2 heterocycles. The molecule has 0 unspecified atom stereocenters. The fourth-order valence-corrected chi connectivity index (χ4v) is 5.84. The molecule has 4 atom stereocenters. The highest BCUT2D eigenvalue weighted by atomic mass is 19.1. The van der Waals surface area contributed by atoms with Crippen LogP contribution in [-0.2, 0) is 14.2 Å². The first-order valence-electron chi connectivity index (χ1n) is 14.0. The van der Waals surface area contributed by atoms with Gasteiger partial charge >= 0.3 is 12.1 Å². The summed E-state index contributed by atoms with van der Waals surface area (Å²) >= 11 is 0. The predicted octanol–water partition coefficient (Wildman–Crippen LogP) is 3.74. The third-order valence-corrected chi connectivity index (χ3v) is 8.08. The molecule has 2 saturated heterocycles. The lowest BCUT2D eigenvalue weighted by Gasteiger charge is -2.38. The molecule has 0 aromatic heterocycles. The number of likely N-dealkylation sites (N-methyl/N-ethyl adjacent to an activating group) is 1. The topological polar surface area (TPSA) is 101 Å². The van der Waals surface area contributed by atoms with Gasteiger partial charge in [0.05, 0.1) is 32.0 Å². The molecule has 1 aromatic rings. The molecule has 3 amide bonds. The average molecular weight is 553 g/mol. The Morgan fingerprint density at radius 3 is 2.59 bits per heavy atom. The average Bonchev–Trinajstić information content (AvgIpc) is 3.68. The molecule has 218 valence electrons. The van der Waals surface area contributed by atoms with Crippen molar-refractivity contribution in [1.29, 1.82) is 0 Å². The van der Waals surface area contributed by atoms with Crippen LogP contribution in [0.1, 0.15) is 56.6 Å². The van der Waals surface area contributed by atoms with Gasteiger partial charge in [0.25, 0.3) is 0 Å². The highest BCUT2D eigenvalue weighted by Gasteiger charge is 2.46. The van der Waals surface area contributed by atoms with Gasteiger partial charge in [-0.3, -0.25) is 0 Å². The van der Waals surface area contributed by atoms with E-state index in [2.05, 4.69) is 20.7 Å². The number of ether oxygens (including phenoxy) is 3. The van der Waals surface area contributed by atoms with E-state index in [0.29, 0.717) is 31.1 Å². The van der Waals surface area contributed by atoms with Gasteiger partial charge in [0.1, 0.15) is 11.6 Å². The SMILES string of the molecule is CNC[C@H](C[C@H]1CCC2(CC2)OC1)NC(=O)N1CCC[C@@H]([C@@H](OCCNC(=O)OC)c2cc(F)cc(F)c2)C1. The second-order valence-electron chi connectivity index (χ2n) is 11.1. The van der Waals surface area contributed by atoms with Crippen LogP contribution in [0.25, 0.3) is 0 Å². The van der Waals surface area contributed by atoms with Gasteiger partial charge in [-0.15, -0.1) is 0 Å². The molecule has 1 aliphatic carbocycles. The zero-order valence-corrected chi connectivity index (χ0v) is 23.0. The first kappa shape index (κ1) is 29.5. The molecule has 1 spiro atoms. The van der Waals surface area contributed by atoms with E-state index < -0.39 is 23.8 Å². The normalized spacial score (nSPS) is 23.6. The maximum absolute atomic E-state index is 14.1. The number of benzene rings is 1. The van der Waals surface area contributed by atoms with Crippen molar-refractivity contribution in [3.8, 4) is 0 Å². The first-order valence-corrected chi connectivity index (χ1v) is 14.0. The molecule has 0 bridgehead atoms. The van der Waals surface area contributed by atoms with Gasteiger partial charge in [-0.1, -0.05) is 0 Å². The summed E-state index contributed by atoms with van der Waals surface area (Å²) in [6, 6.07) is 3.18. The maximum atomic E-state index is 14.1. The molecule has 3 aliphatic rings. The largest absolute Gasteiger partial charge is 0.453 e. The van der Waals surface area contributed by atoms with E-state index in [-0.39, 0.29) is 36.7 Å². The molecule has 39 heavy (non-hydrogen) atoms. The van der Waals surface area contributed by atoms with E-state index in [1.54, 1.807) is 4.90 Å². The van der Waals surface area contributed by atoms with Crippen molar-refractivity contribution in [3.05, 3.63) is 35.4 Å². The summed E-state index contributed by atoms with van der Waals surface area (Å²) in [4.78, 5) is 26.5. The van der Waals surface area contributed by atoms with Gasteiger partial charge in [0.15, 0.2) is 0 Å². The molecule has 2 aliphatic heterocycles. The molecule has 9 nitrogen and oxygen atoms in total. The fraction of sp³-hybridized carbons (Fsp3) is 0.714. The summed E-state index contributed by atoms with van der Waals surface area (Å²) in [5.41, 5.74) is 0.524. The highest BCUT2D eigenvalue weighted by Crippen LogP contribution is 2.47. The number of likely N-dealkylation sites (tertiary alicyclic amines) is 1. The van der Waals surface area contributed by atoms with Crippen LogP contribution < -0.4 is 16.0 Å². The fourth-order valence-electron chi connectivity index (χ4n) is 5.84. The summed E-state index contributed by atoms with van der Waals surface area (Å²) in [6.45, 7) is 2.69. The Balaban J connectivity index is 1.37. The molecule has 1 aromatic carbocycles. The zero-order valence-electron chi connectivity index (χ0n) is 23.0. The van der Waals surface area contributed by atoms with Crippen LogP contribution in [0.4, 0.5) is 18.4 Å². The number of carbonyl (C=O) groups is 2. The molecule has 4 rings (SSSR count). The molecule has 11 heteroatoms. The molecular formula is C28H42F2N4O5. The summed E-state index contributed by atoms with van der Waals surface area (Å²) in [7, 11) is 3.14. The zero-order chi connectivity index (χ0) is 27.8. The van der Waals surface area contributed by atoms with Gasteiger partial charge in [-0.2, -0.15) is 0 Å². The van der Waals surface area contributed by atoms with E-state index in [0.717, 1.165) is 44.8 Å². The van der Waals surface area contributed by atoms with Gasteiger partial charge < -0.3 is 35.1 Å². The minimum absolute atomic E-state index is 0.0292. The molecule has 3 fully saturated rings. The van der Waals surface area contributed by atoms with Crippen LogP contribution >= 0.6 is 0 Å². The lowest BCUT2D eigenvalue weighted by Crippen LogP contribution is -2.52. The minimum Gasteiger partial charge on any atom is -0.453 e. The van der Waals surface area contributed by atoms with Crippen LogP contribution in [-0.4, -0.2) is 82.2 Å². The van der Waals surface area contributed by atoms with Crippen LogP contribution in [0, 0.1) is 23.5 Å². The standard InChI is InChI=1S/C28H42F2N4O5/c1-31-16-24(12-19-5-6-28(7-8-28)39-18-19)33-26(35)34-10-3-4-20(17-34)25(38-11-9-32-27(36)37-2)21-13-22(29)15-23(30)14-21/h13-15,19-20,24-25,31H,3-12,16-18H2,1-2H3,(H,32,36)(H,33,35)/t19-,20-,24+,25-/m1/s1. The van der Waals surface area contributed by atoms with Crippen molar-refractivity contribution in [2.75, 3.05) is 53.6 Å². The lowest BCUT2D eigenvalue weighted by atomic mass is 9.88. The second kappa shape index (κ2) is 13.7. The minimum atomic E-state index is -0.689. The molecular weight excluding hydrogens is 510 g/mol. The molecule has 3 N–H and O–H groups in total. The summed E-state index contributed by atoms with van der Waals surface area (Å²) in [6.07, 6.45) is 5.65. The van der Waals surface area contributed by atoms with Crippen molar-refractivity contribution >= 4 is 12.1 Å². The van der Waals surface area contributed by atoms with Gasteiger partial charge in [-0.25, -0.2) is 18.4 Å². The number of halogens is 2. The van der Waals surface area contributed by atoms with Crippen LogP contribution in [0.15, 0.2) is 18.2 Å². The smallest absolute Gasteiger partial charge is 0.406 e. The quantitative estimate of drug-likeness (QED) is 0.362. The Kier molecular flexibility index (Phi) is 10.4. The number of nitrogens with zero attached hydrogens (tertiary/aromatic N) is 1. The second-order valence-corrected chi connectivity index (χ2v) is 11.1. The van der Waals surface area contributed by atoms with Crippen molar-refractivity contribution in [1.82, 2.24) is 20.9 Å². The van der Waals surface area contributed by atoms with Crippen molar-refractivity contribution < 1.29 is 32.6 Å². The molecule has 0 radical (unpaired) electrons. The summed E-state index contributed by atoms with van der Waals surface area (Å²) < 4.78 is 44.9. The number of alkyl carbamates (subject to hydrolysis) is 1. The number of nitrogens with one attached hydrogen (secondary N) is 3. The van der Waals surface area contributed by atoms with Gasteiger partial charge in [0.2, 0.25) is 0 Å². The highest BCUT2D eigenvalue weighted by molar-refractivity contribution is 5.74. The van der Waals surface area contributed by atoms with Crippen molar-refractivity contribution in [3.63, 3.8) is 0 Å². The number of piperidine rings is 1. The van der Waals surface area contributed by atoms with Crippen molar-refractivity contribution in [2.24, 2.45) is 11.8 Å². The monoisotopic (exact) mass is 552 g/mol. The predicted molar refractivity (Wildman–Crippen MR) is 141 cm³/mol. The Hall–Kier alpha value is -2.50. The van der Waals surface area contributed by atoms with Crippen molar-refractivity contribution in [2.45, 2.75) is 62.7 Å². The number of hydrogen-bond donors (Lipinski definition) is 3. The van der Waals surface area contributed by atoms with Gasteiger partial charge in [0, 0.05) is 44.2 Å². The Labute approximate surface area is 229 Å². The van der Waals surface area contributed by atoms with Crippen LogP contribution in [0.3, 0.4) is 0 Å². The van der Waals surface area contributed by atoms with Crippen LogP contribution in [0.5, 0.6) is 0 Å². The third-order valence-electron chi connectivity index (χ3n) is 8.08. The van der Waals surface area contributed by atoms with E-state index in [1.165, 1.54) is 32.1 Å². The Bertz CT molecular complexity index is 949. The van der Waals surface area contributed by atoms with E-state index >= 15 is 0 Å². The Morgan fingerprint density at radius 1 is 1.18 bits per heavy atom. The van der Waals surface area contributed by atoms with E-state index in [9.17, 15) is 18.4 Å². The first-order chi connectivity index (χ1) is 18.8. The lowest BCUT2D eigenvalue weighted by molar-refractivity contribution is -0.0380. The third kappa shape index (κ3) is 8.49. The Morgan fingerprint density at radius 2 is 1.95 bits per heavy atom. The van der Waals surface area contributed by atoms with E-state index in [1.807, 2.05) is 7.05 Å². The maximum Gasteiger partial charge on any atom is 0.406 e. The number of urea groups is 1. The number of carbonyl (C=O) groups excluding carboxylic acids is 2. The summed E-state index contributed by atoms with van der Waals surface area (Å²) in [5, 5.41) is 8.94. The number of rotatable bonds is 11. The number of amides is 3. The number of methoxy groups -OCH3 is 1. The molecule has 1 saturated carbocycles. The van der Waals surface area contributed by atoms with Gasteiger partial charge in [-0.05, 0) is 75.6 Å². The number of hydrogen-bond acceptors (Lipinski definition) is 6. The van der Waals surface area contributed by atoms with E-state index in [4.69, 9.17) is 9.47 Å².